The summed E-state index contributed by atoms with van der Waals surface area (Å²) in [6.45, 7) is 1.45. The molecule has 0 saturated carbocycles. The van der Waals surface area contributed by atoms with Gasteiger partial charge in [0, 0.05) is 30.7 Å². The minimum absolute atomic E-state index is 0.213. The third kappa shape index (κ3) is 4.26. The zero-order chi connectivity index (χ0) is 19.3. The summed E-state index contributed by atoms with van der Waals surface area (Å²) in [6.07, 6.45) is 1.44. The van der Waals surface area contributed by atoms with E-state index in [1.807, 2.05) is 24.3 Å². The zero-order valence-corrected chi connectivity index (χ0v) is 16.4. The van der Waals surface area contributed by atoms with Gasteiger partial charge in [0.2, 0.25) is 10.0 Å². The van der Waals surface area contributed by atoms with Crippen LogP contribution in [0.1, 0.15) is 18.4 Å². The van der Waals surface area contributed by atoms with E-state index in [-0.39, 0.29) is 16.9 Å². The fraction of sp³-hybridized carbons (Fsp3) is 0.400. The molecule has 0 bridgehead atoms. The Balaban J connectivity index is 1.86. The number of para-hydroxylation sites is 1. The van der Waals surface area contributed by atoms with Crippen LogP contribution in [-0.4, -0.2) is 42.4 Å². The molecule has 1 heterocycles. The van der Waals surface area contributed by atoms with Gasteiger partial charge in [0.15, 0.2) is 0 Å². The molecule has 2 aromatic carbocycles. The van der Waals surface area contributed by atoms with E-state index in [1.54, 1.807) is 38.5 Å². The molecule has 146 valence electrons. The van der Waals surface area contributed by atoms with Gasteiger partial charge in [-0.05, 0) is 43.2 Å². The number of benzene rings is 2. The van der Waals surface area contributed by atoms with Crippen molar-refractivity contribution in [3.05, 3.63) is 54.1 Å². The Morgan fingerprint density at radius 2 is 1.67 bits per heavy atom. The molecule has 2 aromatic rings. The zero-order valence-electron chi connectivity index (χ0n) is 15.6. The van der Waals surface area contributed by atoms with Crippen LogP contribution in [0.2, 0.25) is 0 Å². The van der Waals surface area contributed by atoms with E-state index in [2.05, 4.69) is 4.72 Å². The number of methoxy groups -OCH3 is 2. The van der Waals surface area contributed by atoms with E-state index in [0.29, 0.717) is 19.0 Å². The van der Waals surface area contributed by atoms with Crippen LogP contribution in [0.15, 0.2) is 53.4 Å². The predicted molar refractivity (Wildman–Crippen MR) is 103 cm³/mol. The van der Waals surface area contributed by atoms with Gasteiger partial charge in [0.25, 0.3) is 0 Å². The summed E-state index contributed by atoms with van der Waals surface area (Å²) < 4.78 is 44.5. The summed E-state index contributed by atoms with van der Waals surface area (Å²) in [5, 5.41) is 0. The van der Waals surface area contributed by atoms with Gasteiger partial charge in [-0.1, -0.05) is 18.2 Å². The van der Waals surface area contributed by atoms with Crippen molar-refractivity contribution in [2.24, 2.45) is 0 Å². The highest BCUT2D eigenvalue weighted by Gasteiger charge is 2.37. The molecule has 1 saturated heterocycles. The third-order valence-corrected chi connectivity index (χ3v) is 6.52. The average molecular weight is 391 g/mol. The maximum absolute atomic E-state index is 12.8. The molecule has 0 spiro atoms. The van der Waals surface area contributed by atoms with Crippen LogP contribution < -0.4 is 14.2 Å². The van der Waals surface area contributed by atoms with Gasteiger partial charge in [0.1, 0.15) is 11.5 Å². The van der Waals surface area contributed by atoms with E-state index in [0.717, 1.165) is 24.2 Å². The maximum Gasteiger partial charge on any atom is 0.240 e. The van der Waals surface area contributed by atoms with Crippen molar-refractivity contribution >= 4 is 10.0 Å². The summed E-state index contributed by atoms with van der Waals surface area (Å²) in [5.74, 6) is 1.38. The molecule has 0 amide bonds. The minimum Gasteiger partial charge on any atom is -0.497 e. The molecule has 7 heteroatoms. The van der Waals surface area contributed by atoms with Crippen molar-refractivity contribution < 1.29 is 22.6 Å². The molecule has 6 nitrogen and oxygen atoms in total. The summed E-state index contributed by atoms with van der Waals surface area (Å²) in [6, 6.07) is 14.1. The molecule has 1 N–H and O–H groups in total. The first-order valence-corrected chi connectivity index (χ1v) is 10.3. The molecule has 3 rings (SSSR count). The van der Waals surface area contributed by atoms with Gasteiger partial charge in [-0.25, -0.2) is 13.1 Å². The molecule has 1 fully saturated rings. The molecule has 1 aliphatic heterocycles. The van der Waals surface area contributed by atoms with Crippen LogP contribution in [0.3, 0.4) is 0 Å². The second-order valence-electron chi connectivity index (χ2n) is 6.59. The SMILES string of the molecule is COc1ccc(S(=O)(=O)NCC2(c3ccccc3OC)CCOCC2)cc1. The molecular weight excluding hydrogens is 366 g/mol. The number of rotatable bonds is 7. The third-order valence-electron chi connectivity index (χ3n) is 5.10. The Morgan fingerprint density at radius 3 is 2.30 bits per heavy atom. The molecule has 27 heavy (non-hydrogen) atoms. The monoisotopic (exact) mass is 391 g/mol. The van der Waals surface area contributed by atoms with Gasteiger partial charge < -0.3 is 14.2 Å². The van der Waals surface area contributed by atoms with Crippen molar-refractivity contribution in [3.8, 4) is 11.5 Å². The van der Waals surface area contributed by atoms with Gasteiger partial charge in [-0.15, -0.1) is 0 Å². The maximum atomic E-state index is 12.8. The van der Waals surface area contributed by atoms with E-state index in [9.17, 15) is 8.42 Å². The Labute approximate surface area is 160 Å². The second kappa shape index (κ2) is 8.29. The summed E-state index contributed by atoms with van der Waals surface area (Å²) >= 11 is 0. The smallest absolute Gasteiger partial charge is 0.240 e. The lowest BCUT2D eigenvalue weighted by molar-refractivity contribution is 0.0509. The van der Waals surface area contributed by atoms with Gasteiger partial charge >= 0.3 is 0 Å². The van der Waals surface area contributed by atoms with Crippen LogP contribution in [0.4, 0.5) is 0 Å². The molecule has 1 aliphatic rings. The molecular formula is C20H25NO5S. The lowest BCUT2D eigenvalue weighted by atomic mass is 9.74. The van der Waals surface area contributed by atoms with E-state index >= 15 is 0 Å². The van der Waals surface area contributed by atoms with Crippen molar-refractivity contribution in [1.82, 2.24) is 4.72 Å². The first-order valence-electron chi connectivity index (χ1n) is 8.86. The highest BCUT2D eigenvalue weighted by atomic mass is 32.2. The van der Waals surface area contributed by atoms with E-state index < -0.39 is 10.0 Å². The lowest BCUT2D eigenvalue weighted by Crippen LogP contribution is -2.44. The number of nitrogens with one attached hydrogen (secondary N) is 1. The van der Waals surface area contributed by atoms with Gasteiger partial charge in [-0.3, -0.25) is 0 Å². The first-order chi connectivity index (χ1) is 13.0. The van der Waals surface area contributed by atoms with Crippen LogP contribution in [0.25, 0.3) is 0 Å². The van der Waals surface area contributed by atoms with Crippen molar-refractivity contribution in [2.45, 2.75) is 23.2 Å². The van der Waals surface area contributed by atoms with Gasteiger partial charge in [-0.2, -0.15) is 0 Å². The average Bonchev–Trinajstić information content (AvgIpc) is 2.73. The highest BCUT2D eigenvalue weighted by Crippen LogP contribution is 2.39. The number of hydrogen-bond acceptors (Lipinski definition) is 5. The van der Waals surface area contributed by atoms with E-state index in [1.165, 1.54) is 0 Å². The van der Waals surface area contributed by atoms with Crippen LogP contribution >= 0.6 is 0 Å². The molecule has 0 aliphatic carbocycles. The van der Waals surface area contributed by atoms with E-state index in [4.69, 9.17) is 14.2 Å². The number of hydrogen-bond donors (Lipinski definition) is 1. The quantitative estimate of drug-likeness (QED) is 0.786. The second-order valence-corrected chi connectivity index (χ2v) is 8.36. The van der Waals surface area contributed by atoms with Crippen LogP contribution in [0.5, 0.6) is 11.5 Å². The summed E-state index contributed by atoms with van der Waals surface area (Å²) in [7, 11) is -0.460. The standard InChI is InChI=1S/C20H25NO5S/c1-24-16-7-9-17(10-8-16)27(22,23)21-15-20(11-13-26-14-12-20)18-5-3-4-6-19(18)25-2/h3-10,21H,11-15H2,1-2H3. The normalized spacial score (nSPS) is 16.7. The van der Waals surface area contributed by atoms with Crippen LogP contribution in [-0.2, 0) is 20.2 Å². The Hall–Kier alpha value is -2.09. The number of sulfonamides is 1. The minimum atomic E-state index is -3.64. The predicted octanol–water partition coefficient (Wildman–Crippen LogP) is 2.73. The van der Waals surface area contributed by atoms with Crippen LogP contribution in [0, 0.1) is 0 Å². The number of ether oxygens (including phenoxy) is 3. The first kappa shape index (κ1) is 19.7. The van der Waals surface area contributed by atoms with Gasteiger partial charge in [0.05, 0.1) is 19.1 Å². The molecule has 0 unspecified atom stereocenters. The fourth-order valence-corrected chi connectivity index (χ4v) is 4.58. The largest absolute Gasteiger partial charge is 0.497 e. The Kier molecular flexibility index (Phi) is 6.04. The van der Waals surface area contributed by atoms with Crippen molar-refractivity contribution in [1.29, 1.82) is 0 Å². The molecule has 0 aromatic heterocycles. The summed E-state index contributed by atoms with van der Waals surface area (Å²) in [5.41, 5.74) is 0.637. The Morgan fingerprint density at radius 1 is 1.00 bits per heavy atom. The topological polar surface area (TPSA) is 73.9 Å². The van der Waals surface area contributed by atoms with Crippen molar-refractivity contribution in [2.75, 3.05) is 34.0 Å². The Bertz CT molecular complexity index is 858. The van der Waals surface area contributed by atoms with Crippen molar-refractivity contribution in [3.63, 3.8) is 0 Å². The molecule has 0 radical (unpaired) electrons. The molecule has 0 atom stereocenters. The highest BCUT2D eigenvalue weighted by molar-refractivity contribution is 7.89. The fourth-order valence-electron chi connectivity index (χ4n) is 3.46. The lowest BCUT2D eigenvalue weighted by Gasteiger charge is -2.38. The summed E-state index contributed by atoms with van der Waals surface area (Å²) in [4.78, 5) is 0.213.